The zero-order valence-corrected chi connectivity index (χ0v) is 9.96. The van der Waals surface area contributed by atoms with Gasteiger partial charge in [-0.2, -0.15) is 4.80 Å². The smallest absolute Gasteiger partial charge is 0.345 e. The van der Waals surface area contributed by atoms with Gasteiger partial charge in [-0.05, 0) is 11.3 Å². The van der Waals surface area contributed by atoms with Gasteiger partial charge in [0.05, 0.1) is 12.8 Å². The molecule has 6 nitrogen and oxygen atoms in total. The lowest BCUT2D eigenvalue weighted by atomic mass is 10.5. The zero-order chi connectivity index (χ0) is 11.5. The molecular weight excluding hydrogens is 248 g/mol. The minimum atomic E-state index is -0.894. The second-order valence-corrected chi connectivity index (χ2v) is 4.90. The molecule has 0 aromatic carbocycles. The van der Waals surface area contributed by atoms with E-state index in [1.807, 2.05) is 5.38 Å². The average Bonchev–Trinajstić information content (AvgIpc) is 2.83. The highest BCUT2D eigenvalue weighted by atomic mass is 32.2. The van der Waals surface area contributed by atoms with Gasteiger partial charge >= 0.3 is 5.97 Å². The number of hydrogen-bond donors (Lipinski definition) is 1. The van der Waals surface area contributed by atoms with Crippen LogP contribution < -0.4 is 0 Å². The van der Waals surface area contributed by atoms with Crippen LogP contribution in [-0.4, -0.2) is 31.3 Å². The van der Waals surface area contributed by atoms with Crippen molar-refractivity contribution in [3.8, 4) is 0 Å². The van der Waals surface area contributed by atoms with Gasteiger partial charge in [0, 0.05) is 10.3 Å². The van der Waals surface area contributed by atoms with E-state index in [-0.39, 0.29) is 0 Å². The van der Waals surface area contributed by atoms with Crippen molar-refractivity contribution < 1.29 is 9.90 Å². The Morgan fingerprint density at radius 2 is 2.50 bits per heavy atom. The van der Waals surface area contributed by atoms with Crippen LogP contribution in [0.15, 0.2) is 16.3 Å². The zero-order valence-electron chi connectivity index (χ0n) is 8.32. The molecule has 8 heteroatoms. The Morgan fingerprint density at radius 1 is 1.69 bits per heavy atom. The Kier molecular flexibility index (Phi) is 3.20. The number of hydrogen-bond acceptors (Lipinski definition) is 6. The topological polar surface area (TPSA) is 80.9 Å². The SMILES string of the molecule is Cn1nnc(CSc2csc(C(=O)O)c2)n1. The van der Waals surface area contributed by atoms with Gasteiger partial charge in [-0.3, -0.25) is 0 Å². The summed E-state index contributed by atoms with van der Waals surface area (Å²) in [7, 11) is 1.70. The van der Waals surface area contributed by atoms with E-state index in [9.17, 15) is 4.79 Å². The van der Waals surface area contributed by atoms with Crippen LogP contribution in [-0.2, 0) is 12.8 Å². The quantitative estimate of drug-likeness (QED) is 0.829. The summed E-state index contributed by atoms with van der Waals surface area (Å²) in [4.78, 5) is 13.3. The van der Waals surface area contributed by atoms with Gasteiger partial charge in [0.1, 0.15) is 4.88 Å². The molecule has 0 aliphatic heterocycles. The molecule has 16 heavy (non-hydrogen) atoms. The van der Waals surface area contributed by atoms with Gasteiger partial charge < -0.3 is 5.11 Å². The van der Waals surface area contributed by atoms with Crippen LogP contribution in [0, 0.1) is 0 Å². The van der Waals surface area contributed by atoms with Crippen molar-refractivity contribution in [3.05, 3.63) is 22.1 Å². The molecule has 0 aliphatic carbocycles. The van der Waals surface area contributed by atoms with E-state index in [1.165, 1.54) is 27.9 Å². The molecule has 0 amide bonds. The minimum absolute atomic E-state index is 0.342. The molecule has 0 unspecified atom stereocenters. The second kappa shape index (κ2) is 4.62. The minimum Gasteiger partial charge on any atom is -0.477 e. The summed E-state index contributed by atoms with van der Waals surface area (Å²) < 4.78 is 0. The molecule has 2 aromatic heterocycles. The summed E-state index contributed by atoms with van der Waals surface area (Å²) in [6.07, 6.45) is 0. The Bertz CT molecular complexity index is 508. The number of thioether (sulfide) groups is 1. The average molecular weight is 256 g/mol. The first kappa shape index (κ1) is 11.1. The van der Waals surface area contributed by atoms with Crippen molar-refractivity contribution in [2.24, 2.45) is 7.05 Å². The van der Waals surface area contributed by atoms with E-state index in [2.05, 4.69) is 15.4 Å². The van der Waals surface area contributed by atoms with E-state index in [1.54, 1.807) is 13.1 Å². The van der Waals surface area contributed by atoms with Crippen molar-refractivity contribution in [1.82, 2.24) is 20.2 Å². The molecular formula is C8H8N4O2S2. The molecule has 0 bridgehead atoms. The number of tetrazole rings is 1. The summed E-state index contributed by atoms with van der Waals surface area (Å²) in [6.45, 7) is 0. The number of thiophene rings is 1. The van der Waals surface area contributed by atoms with Crippen LogP contribution in [0.5, 0.6) is 0 Å². The van der Waals surface area contributed by atoms with Gasteiger partial charge in [0.25, 0.3) is 0 Å². The van der Waals surface area contributed by atoms with Crippen LogP contribution in [0.1, 0.15) is 15.5 Å². The normalized spacial score (nSPS) is 10.6. The van der Waals surface area contributed by atoms with Gasteiger partial charge in [-0.1, -0.05) is 0 Å². The summed E-state index contributed by atoms with van der Waals surface area (Å²) in [5.41, 5.74) is 0. The van der Waals surface area contributed by atoms with Crippen molar-refractivity contribution in [2.45, 2.75) is 10.6 Å². The maximum Gasteiger partial charge on any atom is 0.345 e. The third-order valence-electron chi connectivity index (χ3n) is 1.70. The number of carboxylic acids is 1. The molecule has 0 aliphatic rings. The summed E-state index contributed by atoms with van der Waals surface area (Å²) in [6, 6.07) is 1.65. The molecule has 0 saturated carbocycles. The predicted octanol–water partition coefficient (Wildman–Crippen LogP) is 1.26. The first-order chi connectivity index (χ1) is 7.65. The van der Waals surface area contributed by atoms with E-state index in [0.717, 1.165) is 4.90 Å². The fourth-order valence-corrected chi connectivity index (χ4v) is 2.75. The van der Waals surface area contributed by atoms with Crippen molar-refractivity contribution >= 4 is 29.1 Å². The van der Waals surface area contributed by atoms with Crippen molar-refractivity contribution in [1.29, 1.82) is 0 Å². The predicted molar refractivity (Wildman–Crippen MR) is 59.6 cm³/mol. The van der Waals surface area contributed by atoms with Crippen molar-refractivity contribution in [3.63, 3.8) is 0 Å². The molecule has 0 fully saturated rings. The van der Waals surface area contributed by atoms with Gasteiger partial charge in [0.2, 0.25) is 0 Å². The monoisotopic (exact) mass is 256 g/mol. The highest BCUT2D eigenvalue weighted by Gasteiger charge is 2.08. The number of carboxylic acid groups (broad SMARTS) is 1. The summed E-state index contributed by atoms with van der Waals surface area (Å²) in [5.74, 6) is 0.328. The van der Waals surface area contributed by atoms with Crippen LogP contribution in [0.3, 0.4) is 0 Å². The number of rotatable bonds is 4. The third kappa shape index (κ3) is 2.58. The Labute approximate surface area is 99.3 Å². The highest BCUT2D eigenvalue weighted by molar-refractivity contribution is 7.98. The lowest BCUT2D eigenvalue weighted by molar-refractivity contribution is 0.0702. The largest absolute Gasteiger partial charge is 0.477 e. The molecule has 0 spiro atoms. The molecule has 0 radical (unpaired) electrons. The third-order valence-corrected chi connectivity index (χ3v) is 3.74. The number of aromatic nitrogens is 4. The molecule has 0 saturated heterocycles. The van der Waals surface area contributed by atoms with Gasteiger partial charge in [-0.25, -0.2) is 4.79 Å². The van der Waals surface area contributed by atoms with E-state index in [4.69, 9.17) is 5.11 Å². The Morgan fingerprint density at radius 3 is 3.06 bits per heavy atom. The fourth-order valence-electron chi connectivity index (χ4n) is 1.04. The van der Waals surface area contributed by atoms with E-state index < -0.39 is 5.97 Å². The summed E-state index contributed by atoms with van der Waals surface area (Å²) in [5, 5.41) is 22.1. The van der Waals surface area contributed by atoms with Gasteiger partial charge in [0.15, 0.2) is 5.82 Å². The van der Waals surface area contributed by atoms with Crippen LogP contribution >= 0.6 is 23.1 Å². The van der Waals surface area contributed by atoms with E-state index >= 15 is 0 Å². The molecule has 2 rings (SSSR count). The summed E-state index contributed by atoms with van der Waals surface area (Å²) >= 11 is 2.71. The first-order valence-electron chi connectivity index (χ1n) is 4.32. The number of aromatic carboxylic acids is 1. The lowest BCUT2D eigenvalue weighted by Crippen LogP contribution is -1.92. The Hall–Kier alpha value is -1.41. The van der Waals surface area contributed by atoms with Crippen LogP contribution in [0.25, 0.3) is 0 Å². The van der Waals surface area contributed by atoms with Crippen LogP contribution in [0.2, 0.25) is 0 Å². The number of carbonyl (C=O) groups is 1. The van der Waals surface area contributed by atoms with Crippen LogP contribution in [0.4, 0.5) is 0 Å². The fraction of sp³-hybridized carbons (Fsp3) is 0.250. The van der Waals surface area contributed by atoms with Crippen molar-refractivity contribution in [2.75, 3.05) is 0 Å². The number of nitrogens with zero attached hydrogens (tertiary/aromatic N) is 4. The first-order valence-corrected chi connectivity index (χ1v) is 6.19. The molecule has 0 atom stereocenters. The highest BCUT2D eigenvalue weighted by Crippen LogP contribution is 2.26. The number of aryl methyl sites for hydroxylation is 1. The van der Waals surface area contributed by atoms with E-state index in [0.29, 0.717) is 16.5 Å². The standard InChI is InChI=1S/C8H8N4O2S2/c1-12-10-7(9-11-12)4-15-5-2-6(8(13)14)16-3-5/h2-3H,4H2,1H3,(H,13,14). The maximum absolute atomic E-state index is 10.7. The lowest BCUT2D eigenvalue weighted by Gasteiger charge is -1.91. The molecule has 2 heterocycles. The van der Waals surface area contributed by atoms with Gasteiger partial charge in [-0.15, -0.1) is 33.3 Å². The molecule has 2 aromatic rings. The second-order valence-electron chi connectivity index (χ2n) is 2.94. The molecule has 1 N–H and O–H groups in total. The maximum atomic E-state index is 10.7. The molecule has 84 valence electrons. The Balaban J connectivity index is 1.97.